The van der Waals surface area contributed by atoms with Gasteiger partial charge in [-0.15, -0.1) is 0 Å². The molecule has 0 unspecified atom stereocenters. The molecular weight excluding hydrogens is 315 g/mol. The summed E-state index contributed by atoms with van der Waals surface area (Å²) < 4.78 is 37.3. The highest BCUT2D eigenvalue weighted by atomic mass is 35.5. The summed E-state index contributed by atoms with van der Waals surface area (Å²) in [5.41, 5.74) is 0.492. The summed E-state index contributed by atoms with van der Waals surface area (Å²) in [6.07, 6.45) is 0. The monoisotopic (exact) mass is 332 g/mol. The van der Waals surface area contributed by atoms with E-state index in [0.29, 0.717) is 30.2 Å². The summed E-state index contributed by atoms with van der Waals surface area (Å²) in [5.74, 6) is 0.151. The second-order valence-corrected chi connectivity index (χ2v) is 8.38. The normalized spacial score (nSPS) is 26.5. The summed E-state index contributed by atoms with van der Waals surface area (Å²) in [6, 6.07) is 4.69. The molecule has 2 fully saturated rings. The Hall–Kier alpha value is -0.690. The third-order valence-corrected chi connectivity index (χ3v) is 6.32. The maximum absolute atomic E-state index is 13.8. The van der Waals surface area contributed by atoms with Crippen LogP contribution in [0.2, 0.25) is 5.02 Å². The molecule has 2 heterocycles. The van der Waals surface area contributed by atoms with E-state index in [1.165, 1.54) is 6.07 Å². The Morgan fingerprint density at radius 3 is 2.86 bits per heavy atom. The molecule has 0 aromatic heterocycles. The quantitative estimate of drug-likeness (QED) is 0.821. The summed E-state index contributed by atoms with van der Waals surface area (Å²) in [4.78, 5) is 4.31. The first-order valence-electron chi connectivity index (χ1n) is 7.04. The van der Waals surface area contributed by atoms with Gasteiger partial charge in [-0.3, -0.25) is 9.80 Å². The van der Waals surface area contributed by atoms with Gasteiger partial charge >= 0.3 is 0 Å². The summed E-state index contributed by atoms with van der Waals surface area (Å²) >= 11 is 6.06. The van der Waals surface area contributed by atoms with E-state index >= 15 is 0 Å². The van der Waals surface area contributed by atoms with Gasteiger partial charge in [0, 0.05) is 49.4 Å². The highest BCUT2D eigenvalue weighted by Crippen LogP contribution is 2.23. The molecule has 116 valence electrons. The minimum atomic E-state index is -2.93. The number of hydrogen-bond acceptors (Lipinski definition) is 4. The first kappa shape index (κ1) is 15.2. The fraction of sp³-hybridized carbons (Fsp3) is 0.571. The van der Waals surface area contributed by atoms with E-state index in [2.05, 4.69) is 9.80 Å². The molecule has 2 saturated heterocycles. The lowest BCUT2D eigenvalue weighted by Gasteiger charge is -2.43. The number of sulfone groups is 1. The van der Waals surface area contributed by atoms with Crippen molar-refractivity contribution in [3.05, 3.63) is 34.6 Å². The molecule has 1 aromatic carbocycles. The molecule has 0 amide bonds. The summed E-state index contributed by atoms with van der Waals surface area (Å²) in [7, 11) is -2.93. The Bertz CT molecular complexity index is 618. The van der Waals surface area contributed by atoms with E-state index in [9.17, 15) is 12.8 Å². The van der Waals surface area contributed by atoms with Crippen molar-refractivity contribution < 1.29 is 12.8 Å². The predicted octanol–water partition coefficient (Wildman–Crippen LogP) is 1.39. The number of rotatable bonds is 2. The second kappa shape index (κ2) is 5.83. The highest BCUT2D eigenvalue weighted by Gasteiger charge is 2.35. The van der Waals surface area contributed by atoms with Crippen molar-refractivity contribution in [1.29, 1.82) is 0 Å². The topological polar surface area (TPSA) is 40.6 Å². The van der Waals surface area contributed by atoms with Gasteiger partial charge in [-0.25, -0.2) is 12.8 Å². The van der Waals surface area contributed by atoms with Crippen molar-refractivity contribution in [2.45, 2.75) is 12.6 Å². The molecule has 0 N–H and O–H groups in total. The number of nitrogens with zero attached hydrogens (tertiary/aromatic N) is 2. The van der Waals surface area contributed by atoms with Crippen LogP contribution in [0.1, 0.15) is 5.56 Å². The molecule has 4 nitrogen and oxygen atoms in total. The lowest BCUT2D eigenvalue weighted by molar-refractivity contribution is 0.0804. The number of hydrogen-bond donors (Lipinski definition) is 0. The first-order chi connectivity index (χ1) is 9.94. The fourth-order valence-corrected chi connectivity index (χ4v) is 4.90. The van der Waals surface area contributed by atoms with Crippen LogP contribution in [0.15, 0.2) is 18.2 Å². The lowest BCUT2D eigenvalue weighted by Crippen LogP contribution is -2.59. The number of benzene rings is 1. The summed E-state index contributed by atoms with van der Waals surface area (Å²) in [5, 5.41) is 0.425. The van der Waals surface area contributed by atoms with Gasteiger partial charge in [0.2, 0.25) is 0 Å². The van der Waals surface area contributed by atoms with Crippen molar-refractivity contribution in [2.24, 2.45) is 0 Å². The number of fused-ring (bicyclic) bond motifs is 1. The average molecular weight is 333 g/mol. The van der Waals surface area contributed by atoms with Gasteiger partial charge in [-0.2, -0.15) is 0 Å². The molecule has 0 bridgehead atoms. The van der Waals surface area contributed by atoms with Crippen LogP contribution in [0.4, 0.5) is 4.39 Å². The lowest BCUT2D eigenvalue weighted by atomic mass is 10.1. The van der Waals surface area contributed by atoms with Gasteiger partial charge in [0.1, 0.15) is 5.82 Å². The van der Waals surface area contributed by atoms with Crippen LogP contribution >= 0.6 is 11.6 Å². The molecule has 0 radical (unpaired) electrons. The van der Waals surface area contributed by atoms with E-state index in [-0.39, 0.29) is 23.4 Å². The molecule has 1 atom stereocenters. The first-order valence-corrected chi connectivity index (χ1v) is 9.24. The third-order valence-electron chi connectivity index (χ3n) is 4.27. The van der Waals surface area contributed by atoms with Crippen molar-refractivity contribution in [1.82, 2.24) is 9.80 Å². The third kappa shape index (κ3) is 3.39. The molecule has 2 aliphatic heterocycles. The van der Waals surface area contributed by atoms with Gasteiger partial charge in [0.15, 0.2) is 9.84 Å². The van der Waals surface area contributed by atoms with E-state index in [0.717, 1.165) is 13.1 Å². The average Bonchev–Trinajstić information content (AvgIpc) is 2.41. The van der Waals surface area contributed by atoms with Gasteiger partial charge in [-0.1, -0.05) is 17.7 Å². The Labute approximate surface area is 129 Å². The van der Waals surface area contributed by atoms with Gasteiger partial charge in [0.05, 0.1) is 11.5 Å². The molecule has 0 saturated carbocycles. The molecule has 7 heteroatoms. The van der Waals surface area contributed by atoms with Crippen LogP contribution in [0.3, 0.4) is 0 Å². The van der Waals surface area contributed by atoms with Crippen LogP contribution in [0.25, 0.3) is 0 Å². The van der Waals surface area contributed by atoms with E-state index < -0.39 is 9.84 Å². The van der Waals surface area contributed by atoms with Crippen molar-refractivity contribution in [3.8, 4) is 0 Å². The smallest absolute Gasteiger partial charge is 0.153 e. The van der Waals surface area contributed by atoms with Gasteiger partial charge in [-0.05, 0) is 12.1 Å². The van der Waals surface area contributed by atoms with Crippen LogP contribution in [-0.2, 0) is 16.4 Å². The molecule has 3 rings (SSSR count). The molecular formula is C14H18ClFN2O2S. The van der Waals surface area contributed by atoms with Crippen molar-refractivity contribution in [2.75, 3.05) is 37.7 Å². The second-order valence-electron chi connectivity index (χ2n) is 5.74. The molecule has 21 heavy (non-hydrogen) atoms. The van der Waals surface area contributed by atoms with Crippen molar-refractivity contribution in [3.63, 3.8) is 0 Å². The molecule has 2 aliphatic rings. The minimum Gasteiger partial charge on any atom is -0.296 e. The standard InChI is InChI=1S/C14H18ClFN2O2S/c15-13-2-1-3-14(16)12(13)9-17-4-5-18-6-7-21(19,20)10-11(18)8-17/h1-3,11H,4-10H2/t11-/m1/s1. The Morgan fingerprint density at radius 1 is 1.29 bits per heavy atom. The molecule has 0 aliphatic carbocycles. The van der Waals surface area contributed by atoms with Gasteiger partial charge in [0.25, 0.3) is 0 Å². The SMILES string of the molecule is O=S1(=O)CCN2CCN(Cc3c(F)cccc3Cl)C[C@@H]2C1. The van der Waals surface area contributed by atoms with Crippen molar-refractivity contribution >= 4 is 21.4 Å². The maximum atomic E-state index is 13.8. The number of piperazine rings is 1. The van der Waals surface area contributed by atoms with E-state index in [1.807, 2.05) is 0 Å². The van der Waals surface area contributed by atoms with Gasteiger partial charge < -0.3 is 0 Å². The zero-order valence-corrected chi connectivity index (χ0v) is 13.2. The summed E-state index contributed by atoms with van der Waals surface area (Å²) in [6.45, 7) is 3.31. The Morgan fingerprint density at radius 2 is 2.10 bits per heavy atom. The van der Waals surface area contributed by atoms with E-state index in [1.54, 1.807) is 12.1 Å². The van der Waals surface area contributed by atoms with Crippen LogP contribution in [0.5, 0.6) is 0 Å². The fourth-order valence-electron chi connectivity index (χ4n) is 3.09. The highest BCUT2D eigenvalue weighted by molar-refractivity contribution is 7.91. The van der Waals surface area contributed by atoms with Crippen LogP contribution in [-0.4, -0.2) is 61.9 Å². The zero-order chi connectivity index (χ0) is 15.0. The zero-order valence-electron chi connectivity index (χ0n) is 11.6. The Balaban J connectivity index is 1.71. The molecule has 1 aromatic rings. The van der Waals surface area contributed by atoms with E-state index in [4.69, 9.17) is 11.6 Å². The maximum Gasteiger partial charge on any atom is 0.153 e. The number of halogens is 2. The van der Waals surface area contributed by atoms with Crippen LogP contribution < -0.4 is 0 Å². The largest absolute Gasteiger partial charge is 0.296 e. The minimum absolute atomic E-state index is 0.0167. The van der Waals surface area contributed by atoms with Crippen LogP contribution in [0, 0.1) is 5.82 Å². The predicted molar refractivity (Wildman–Crippen MR) is 80.7 cm³/mol. The molecule has 0 spiro atoms. The Kier molecular flexibility index (Phi) is 4.23.